The van der Waals surface area contributed by atoms with Crippen molar-refractivity contribution in [3.05, 3.63) is 35.4 Å². The van der Waals surface area contributed by atoms with Crippen LogP contribution in [0.2, 0.25) is 0 Å². The molecule has 4 nitrogen and oxygen atoms in total. The minimum absolute atomic E-state index is 0.602. The molecule has 1 aliphatic heterocycles. The van der Waals surface area contributed by atoms with Crippen molar-refractivity contribution in [3.8, 4) is 0 Å². The Morgan fingerprint density at radius 3 is 2.54 bits per heavy atom. The van der Waals surface area contributed by atoms with Gasteiger partial charge >= 0.3 is 0 Å². The highest BCUT2D eigenvalue weighted by atomic mass is 15.2. The molecular weight excluding hydrogens is 296 g/mol. The first-order chi connectivity index (χ1) is 11.7. The molecule has 1 saturated heterocycles. The molecule has 3 rings (SSSR count). The summed E-state index contributed by atoms with van der Waals surface area (Å²) in [5.41, 5.74) is 2.75. The largest absolute Gasteiger partial charge is 0.353 e. The number of nitrogens with zero attached hydrogens (tertiary/aromatic N) is 2. The quantitative estimate of drug-likeness (QED) is 0.644. The molecule has 132 valence electrons. The molecule has 2 N–H and O–H groups in total. The maximum Gasteiger partial charge on any atom is 0.191 e. The first kappa shape index (κ1) is 17.3. The van der Waals surface area contributed by atoms with Gasteiger partial charge in [0.2, 0.25) is 0 Å². The smallest absolute Gasteiger partial charge is 0.191 e. The molecule has 0 aromatic heterocycles. The Kier molecular flexibility index (Phi) is 6.13. The Balaban J connectivity index is 1.50. The SMILES string of the molecule is CN=C(NCc1cccc(CN2CCCCCC2)c1)NC1CC1C. The second-order valence-corrected chi connectivity index (χ2v) is 7.40. The number of nitrogens with one attached hydrogen (secondary N) is 2. The molecule has 1 aromatic carbocycles. The molecule has 4 heteroatoms. The van der Waals surface area contributed by atoms with Gasteiger partial charge in [-0.1, -0.05) is 44.0 Å². The monoisotopic (exact) mass is 328 g/mol. The van der Waals surface area contributed by atoms with Crippen molar-refractivity contribution in [2.75, 3.05) is 20.1 Å². The first-order valence-corrected chi connectivity index (χ1v) is 9.52. The Bertz CT molecular complexity index is 546. The van der Waals surface area contributed by atoms with Crippen LogP contribution >= 0.6 is 0 Å². The molecule has 24 heavy (non-hydrogen) atoms. The van der Waals surface area contributed by atoms with Crippen LogP contribution in [0.25, 0.3) is 0 Å². The van der Waals surface area contributed by atoms with Crippen molar-refractivity contribution in [1.29, 1.82) is 0 Å². The molecule has 2 aliphatic rings. The van der Waals surface area contributed by atoms with Crippen molar-refractivity contribution in [1.82, 2.24) is 15.5 Å². The Labute approximate surface area is 146 Å². The van der Waals surface area contributed by atoms with Gasteiger partial charge in [0.1, 0.15) is 0 Å². The molecule has 2 atom stereocenters. The molecule has 1 aliphatic carbocycles. The lowest BCUT2D eigenvalue weighted by Crippen LogP contribution is -2.38. The average Bonchev–Trinajstić information content (AvgIpc) is 3.34. The lowest BCUT2D eigenvalue weighted by atomic mass is 10.1. The zero-order valence-corrected chi connectivity index (χ0v) is 15.2. The van der Waals surface area contributed by atoms with Crippen LogP contribution in [-0.4, -0.2) is 37.0 Å². The molecule has 0 spiro atoms. The fourth-order valence-electron chi connectivity index (χ4n) is 3.47. The Morgan fingerprint density at radius 1 is 1.17 bits per heavy atom. The summed E-state index contributed by atoms with van der Waals surface area (Å²) in [6, 6.07) is 9.58. The van der Waals surface area contributed by atoms with Gasteiger partial charge in [0.15, 0.2) is 5.96 Å². The van der Waals surface area contributed by atoms with E-state index in [2.05, 4.69) is 51.7 Å². The molecule has 0 radical (unpaired) electrons. The van der Waals surface area contributed by atoms with Crippen LogP contribution in [0.3, 0.4) is 0 Å². The number of hydrogen-bond acceptors (Lipinski definition) is 2. The van der Waals surface area contributed by atoms with Crippen LogP contribution < -0.4 is 10.6 Å². The van der Waals surface area contributed by atoms with Gasteiger partial charge in [0, 0.05) is 26.2 Å². The van der Waals surface area contributed by atoms with Gasteiger partial charge in [-0.25, -0.2) is 0 Å². The molecular formula is C20H32N4. The number of guanidine groups is 1. The molecule has 0 amide bonds. The summed E-state index contributed by atoms with van der Waals surface area (Å²) in [6.45, 7) is 6.68. The van der Waals surface area contributed by atoms with E-state index < -0.39 is 0 Å². The van der Waals surface area contributed by atoms with Gasteiger partial charge in [-0.2, -0.15) is 0 Å². The minimum Gasteiger partial charge on any atom is -0.353 e. The van der Waals surface area contributed by atoms with E-state index in [1.807, 2.05) is 7.05 Å². The lowest BCUT2D eigenvalue weighted by molar-refractivity contribution is 0.277. The zero-order valence-electron chi connectivity index (χ0n) is 15.2. The van der Waals surface area contributed by atoms with Crippen LogP contribution in [0, 0.1) is 5.92 Å². The first-order valence-electron chi connectivity index (χ1n) is 9.52. The third-order valence-corrected chi connectivity index (χ3v) is 5.21. The van der Waals surface area contributed by atoms with Gasteiger partial charge in [-0.05, 0) is 49.4 Å². The second-order valence-electron chi connectivity index (χ2n) is 7.40. The minimum atomic E-state index is 0.602. The average molecular weight is 329 g/mol. The summed E-state index contributed by atoms with van der Waals surface area (Å²) >= 11 is 0. The van der Waals surface area contributed by atoms with E-state index in [0.717, 1.165) is 25.0 Å². The highest BCUT2D eigenvalue weighted by molar-refractivity contribution is 5.80. The zero-order chi connectivity index (χ0) is 16.8. The fourth-order valence-corrected chi connectivity index (χ4v) is 3.47. The van der Waals surface area contributed by atoms with Gasteiger partial charge in [0.25, 0.3) is 0 Å². The van der Waals surface area contributed by atoms with E-state index in [4.69, 9.17) is 0 Å². The standard InChI is InChI=1S/C20H32N4/c1-16-12-19(16)23-20(21-2)22-14-17-8-7-9-18(13-17)15-24-10-5-3-4-6-11-24/h7-9,13,16,19H,3-6,10-12,14-15H2,1-2H3,(H2,21,22,23). The highest BCUT2D eigenvalue weighted by Crippen LogP contribution is 2.28. The van der Waals surface area contributed by atoms with Crippen LogP contribution in [0.15, 0.2) is 29.3 Å². The summed E-state index contributed by atoms with van der Waals surface area (Å²) in [4.78, 5) is 6.94. The van der Waals surface area contributed by atoms with E-state index in [1.165, 1.54) is 56.3 Å². The van der Waals surface area contributed by atoms with Crippen LogP contribution in [0.5, 0.6) is 0 Å². The maximum atomic E-state index is 4.33. The van der Waals surface area contributed by atoms with E-state index in [9.17, 15) is 0 Å². The van der Waals surface area contributed by atoms with Crippen LogP contribution in [0.1, 0.15) is 50.2 Å². The molecule has 1 heterocycles. The molecule has 1 saturated carbocycles. The van der Waals surface area contributed by atoms with Crippen molar-refractivity contribution >= 4 is 5.96 Å². The Morgan fingerprint density at radius 2 is 1.88 bits per heavy atom. The third-order valence-electron chi connectivity index (χ3n) is 5.21. The van der Waals surface area contributed by atoms with E-state index in [-0.39, 0.29) is 0 Å². The summed E-state index contributed by atoms with van der Waals surface area (Å²) in [5, 5.41) is 6.92. The second kappa shape index (κ2) is 8.52. The van der Waals surface area contributed by atoms with E-state index in [0.29, 0.717) is 6.04 Å². The summed E-state index contributed by atoms with van der Waals surface area (Å²) in [7, 11) is 1.85. The summed E-state index contributed by atoms with van der Waals surface area (Å²) < 4.78 is 0. The highest BCUT2D eigenvalue weighted by Gasteiger charge is 2.33. The third kappa shape index (κ3) is 5.23. The van der Waals surface area contributed by atoms with E-state index >= 15 is 0 Å². The molecule has 2 fully saturated rings. The maximum absolute atomic E-state index is 4.33. The van der Waals surface area contributed by atoms with Crippen molar-refractivity contribution in [2.24, 2.45) is 10.9 Å². The summed E-state index contributed by atoms with van der Waals surface area (Å²) in [5.74, 6) is 1.70. The predicted octanol–water partition coefficient (Wildman–Crippen LogP) is 3.14. The van der Waals surface area contributed by atoms with Crippen LogP contribution in [-0.2, 0) is 13.1 Å². The van der Waals surface area contributed by atoms with Gasteiger partial charge in [-0.3, -0.25) is 9.89 Å². The fraction of sp³-hybridized carbons (Fsp3) is 0.650. The van der Waals surface area contributed by atoms with Gasteiger partial charge < -0.3 is 10.6 Å². The van der Waals surface area contributed by atoms with Crippen molar-refractivity contribution < 1.29 is 0 Å². The van der Waals surface area contributed by atoms with Gasteiger partial charge in [-0.15, -0.1) is 0 Å². The normalized spacial score (nSPS) is 25.2. The Hall–Kier alpha value is -1.55. The number of likely N-dealkylation sites (tertiary alicyclic amines) is 1. The number of benzene rings is 1. The van der Waals surface area contributed by atoms with Crippen molar-refractivity contribution in [2.45, 2.75) is 58.2 Å². The number of hydrogen-bond donors (Lipinski definition) is 2. The molecule has 0 bridgehead atoms. The topological polar surface area (TPSA) is 39.7 Å². The van der Waals surface area contributed by atoms with E-state index in [1.54, 1.807) is 0 Å². The predicted molar refractivity (Wildman–Crippen MR) is 101 cm³/mol. The van der Waals surface area contributed by atoms with Crippen molar-refractivity contribution in [3.63, 3.8) is 0 Å². The van der Waals surface area contributed by atoms with Gasteiger partial charge in [0.05, 0.1) is 0 Å². The van der Waals surface area contributed by atoms with Crippen LogP contribution in [0.4, 0.5) is 0 Å². The number of aliphatic imine (C=N–C) groups is 1. The molecule has 2 unspecified atom stereocenters. The number of rotatable bonds is 5. The lowest BCUT2D eigenvalue weighted by Gasteiger charge is -2.20. The summed E-state index contributed by atoms with van der Waals surface area (Å²) in [6.07, 6.45) is 6.75. The molecule has 1 aromatic rings.